The maximum absolute atomic E-state index is 9.69. The highest BCUT2D eigenvalue weighted by molar-refractivity contribution is 5.60. The predicted octanol–water partition coefficient (Wildman–Crippen LogP) is 2.57. The summed E-state index contributed by atoms with van der Waals surface area (Å²) < 4.78 is 0. The smallest absolute Gasteiger partial charge is 0.122 e. The highest BCUT2D eigenvalue weighted by Gasteiger charge is 2.14. The van der Waals surface area contributed by atoms with Crippen LogP contribution in [0.5, 0.6) is 5.75 Å². The summed E-state index contributed by atoms with van der Waals surface area (Å²) in [6.45, 7) is 5.28. The van der Waals surface area contributed by atoms with Crippen LogP contribution < -0.4 is 0 Å². The highest BCUT2D eigenvalue weighted by Crippen LogP contribution is 2.23. The fourth-order valence-electron chi connectivity index (χ4n) is 1.02. The lowest BCUT2D eigenvalue weighted by atomic mass is 9.97. The van der Waals surface area contributed by atoms with Crippen molar-refractivity contribution in [3.8, 4) is 5.75 Å². The van der Waals surface area contributed by atoms with Crippen molar-refractivity contribution in [2.45, 2.75) is 26.4 Å². The molecular formula is C12H16O2. The van der Waals surface area contributed by atoms with E-state index < -0.39 is 5.60 Å². The Labute approximate surface area is 84.5 Å². The first-order valence-electron chi connectivity index (χ1n) is 4.60. The number of rotatable bonds is 2. The van der Waals surface area contributed by atoms with Crippen LogP contribution in [0.3, 0.4) is 0 Å². The molecule has 1 aromatic rings. The first kappa shape index (κ1) is 10.8. The Morgan fingerprint density at radius 1 is 1.29 bits per heavy atom. The molecule has 0 aliphatic rings. The Morgan fingerprint density at radius 2 is 1.86 bits per heavy atom. The van der Waals surface area contributed by atoms with Crippen LogP contribution in [-0.4, -0.2) is 15.8 Å². The molecule has 0 amide bonds. The Bertz CT molecular complexity index is 346. The van der Waals surface area contributed by atoms with E-state index in [1.807, 2.05) is 19.1 Å². The van der Waals surface area contributed by atoms with E-state index in [4.69, 9.17) is 0 Å². The van der Waals surface area contributed by atoms with Gasteiger partial charge in [-0.05, 0) is 38.5 Å². The highest BCUT2D eigenvalue weighted by atomic mass is 16.3. The molecule has 2 N–H and O–H groups in total. The van der Waals surface area contributed by atoms with Crippen LogP contribution in [0.25, 0.3) is 6.08 Å². The molecule has 2 heteroatoms. The van der Waals surface area contributed by atoms with Gasteiger partial charge in [0.1, 0.15) is 5.75 Å². The molecule has 0 heterocycles. The molecule has 0 radical (unpaired) electrons. The Kier molecular flexibility index (Phi) is 2.96. The van der Waals surface area contributed by atoms with E-state index in [1.54, 1.807) is 32.1 Å². The van der Waals surface area contributed by atoms with Gasteiger partial charge in [-0.15, -0.1) is 0 Å². The normalized spacial score (nSPS) is 13.0. The van der Waals surface area contributed by atoms with E-state index in [0.717, 1.165) is 11.1 Å². The molecule has 0 unspecified atom stereocenters. The van der Waals surface area contributed by atoms with Gasteiger partial charge in [0.15, 0.2) is 0 Å². The quantitative estimate of drug-likeness (QED) is 0.756. The molecule has 0 aromatic heterocycles. The minimum atomic E-state index is -0.845. The lowest BCUT2D eigenvalue weighted by Crippen LogP contribution is -2.19. The number of benzene rings is 1. The number of hydrogen-bond donors (Lipinski definition) is 2. The van der Waals surface area contributed by atoms with Crippen LogP contribution in [0, 0.1) is 0 Å². The van der Waals surface area contributed by atoms with E-state index in [1.165, 1.54) is 0 Å². The van der Waals surface area contributed by atoms with Gasteiger partial charge in [0.05, 0.1) is 5.60 Å². The second-order valence-electron chi connectivity index (χ2n) is 3.95. The van der Waals surface area contributed by atoms with E-state index in [-0.39, 0.29) is 5.75 Å². The zero-order chi connectivity index (χ0) is 10.8. The summed E-state index contributed by atoms with van der Waals surface area (Å²) in [5.74, 6) is 0.232. The van der Waals surface area contributed by atoms with E-state index >= 15 is 0 Å². The summed E-state index contributed by atoms with van der Waals surface area (Å²) in [5.41, 5.74) is 0.702. The standard InChI is InChI=1S/C12H16O2/c1-9(12(2,3)14)8-10-6-4-5-7-11(10)13/h4-8,13-14H,1-3H3/b9-8+. The first-order valence-corrected chi connectivity index (χ1v) is 4.60. The summed E-state index contributed by atoms with van der Waals surface area (Å²) in [5, 5.41) is 19.2. The zero-order valence-electron chi connectivity index (χ0n) is 8.78. The molecule has 1 rings (SSSR count). The number of para-hydroxylation sites is 1. The molecule has 0 saturated heterocycles. The van der Waals surface area contributed by atoms with Gasteiger partial charge in [-0.1, -0.05) is 18.2 Å². The van der Waals surface area contributed by atoms with Gasteiger partial charge < -0.3 is 10.2 Å². The van der Waals surface area contributed by atoms with Gasteiger partial charge >= 0.3 is 0 Å². The zero-order valence-corrected chi connectivity index (χ0v) is 8.78. The van der Waals surface area contributed by atoms with Gasteiger partial charge in [-0.3, -0.25) is 0 Å². The molecule has 14 heavy (non-hydrogen) atoms. The van der Waals surface area contributed by atoms with Crippen molar-refractivity contribution < 1.29 is 10.2 Å². The van der Waals surface area contributed by atoms with Crippen molar-refractivity contribution in [1.29, 1.82) is 0 Å². The number of phenolic OH excluding ortho intramolecular Hbond substituents is 1. The van der Waals surface area contributed by atoms with Crippen molar-refractivity contribution in [1.82, 2.24) is 0 Å². The van der Waals surface area contributed by atoms with Crippen molar-refractivity contribution in [2.24, 2.45) is 0 Å². The topological polar surface area (TPSA) is 40.5 Å². The van der Waals surface area contributed by atoms with Crippen LogP contribution in [0.2, 0.25) is 0 Å². The average molecular weight is 192 g/mol. The minimum absolute atomic E-state index is 0.232. The molecule has 0 saturated carbocycles. The SMILES string of the molecule is C/C(=C\c1ccccc1O)C(C)(C)O. The lowest BCUT2D eigenvalue weighted by molar-refractivity contribution is 0.121. The van der Waals surface area contributed by atoms with Crippen LogP contribution in [0.15, 0.2) is 29.8 Å². The third kappa shape index (κ3) is 2.60. The second-order valence-corrected chi connectivity index (χ2v) is 3.95. The van der Waals surface area contributed by atoms with Crippen LogP contribution in [0.1, 0.15) is 26.3 Å². The summed E-state index contributed by atoms with van der Waals surface area (Å²) in [4.78, 5) is 0. The predicted molar refractivity (Wildman–Crippen MR) is 58.1 cm³/mol. The van der Waals surface area contributed by atoms with Gasteiger partial charge in [-0.25, -0.2) is 0 Å². The van der Waals surface area contributed by atoms with E-state index in [9.17, 15) is 10.2 Å². The third-order valence-corrected chi connectivity index (χ3v) is 2.27. The maximum atomic E-state index is 9.69. The van der Waals surface area contributed by atoms with Crippen LogP contribution >= 0.6 is 0 Å². The number of aliphatic hydroxyl groups is 1. The van der Waals surface area contributed by atoms with Crippen molar-refractivity contribution in [2.75, 3.05) is 0 Å². The number of phenols is 1. The van der Waals surface area contributed by atoms with Crippen LogP contribution in [-0.2, 0) is 0 Å². The minimum Gasteiger partial charge on any atom is -0.507 e. The monoisotopic (exact) mass is 192 g/mol. The van der Waals surface area contributed by atoms with Gasteiger partial charge in [0.25, 0.3) is 0 Å². The number of hydrogen-bond acceptors (Lipinski definition) is 2. The molecule has 1 aromatic carbocycles. The van der Waals surface area contributed by atoms with Crippen molar-refractivity contribution in [3.05, 3.63) is 35.4 Å². The molecular weight excluding hydrogens is 176 g/mol. The molecule has 0 aliphatic carbocycles. The number of aromatic hydroxyl groups is 1. The average Bonchev–Trinajstić information content (AvgIpc) is 2.07. The second kappa shape index (κ2) is 3.84. The molecule has 0 atom stereocenters. The summed E-state index contributed by atoms with van der Waals surface area (Å²) in [6.07, 6.45) is 1.79. The Morgan fingerprint density at radius 3 is 2.36 bits per heavy atom. The van der Waals surface area contributed by atoms with Crippen molar-refractivity contribution in [3.63, 3.8) is 0 Å². The summed E-state index contributed by atoms with van der Waals surface area (Å²) in [6, 6.07) is 7.06. The molecule has 0 aliphatic heterocycles. The lowest BCUT2D eigenvalue weighted by Gasteiger charge is -2.18. The summed E-state index contributed by atoms with van der Waals surface area (Å²) in [7, 11) is 0. The molecule has 0 bridgehead atoms. The molecule has 2 nitrogen and oxygen atoms in total. The maximum Gasteiger partial charge on any atom is 0.122 e. The van der Waals surface area contributed by atoms with E-state index in [2.05, 4.69) is 0 Å². The molecule has 0 fully saturated rings. The Balaban J connectivity index is 3.04. The first-order chi connectivity index (χ1) is 6.41. The van der Waals surface area contributed by atoms with Gasteiger partial charge in [-0.2, -0.15) is 0 Å². The largest absolute Gasteiger partial charge is 0.507 e. The fraction of sp³-hybridized carbons (Fsp3) is 0.333. The van der Waals surface area contributed by atoms with Gasteiger partial charge in [0, 0.05) is 5.56 Å². The molecule has 76 valence electrons. The van der Waals surface area contributed by atoms with Crippen molar-refractivity contribution >= 4 is 6.08 Å². The van der Waals surface area contributed by atoms with Crippen LogP contribution in [0.4, 0.5) is 0 Å². The fourth-order valence-corrected chi connectivity index (χ4v) is 1.02. The van der Waals surface area contributed by atoms with E-state index in [0.29, 0.717) is 0 Å². The summed E-state index contributed by atoms with van der Waals surface area (Å²) >= 11 is 0. The Hall–Kier alpha value is -1.28. The third-order valence-electron chi connectivity index (χ3n) is 2.27. The van der Waals surface area contributed by atoms with Gasteiger partial charge in [0.2, 0.25) is 0 Å². The molecule has 0 spiro atoms.